The van der Waals surface area contributed by atoms with E-state index in [2.05, 4.69) is 0 Å². The van der Waals surface area contributed by atoms with Crippen LogP contribution < -0.4 is 0 Å². The van der Waals surface area contributed by atoms with E-state index in [1.54, 1.807) is 29.6 Å². The highest BCUT2D eigenvalue weighted by Crippen LogP contribution is 2.48. The third-order valence-electron chi connectivity index (χ3n) is 3.12. The molecule has 2 rings (SSSR count). The molecule has 0 saturated heterocycles. The van der Waals surface area contributed by atoms with Crippen LogP contribution in [-0.2, 0) is 4.79 Å². The first-order valence-corrected chi connectivity index (χ1v) is 8.57. The van der Waals surface area contributed by atoms with Crippen molar-refractivity contribution >= 4 is 40.9 Å². The van der Waals surface area contributed by atoms with Crippen LogP contribution in [0.25, 0.3) is 0 Å². The fourth-order valence-electron chi connectivity index (χ4n) is 2.01. The monoisotopic (exact) mass is 298 g/mol. The summed E-state index contributed by atoms with van der Waals surface area (Å²) in [6, 6.07) is 7.83. The van der Waals surface area contributed by atoms with Gasteiger partial charge in [-0.05, 0) is 42.5 Å². The smallest absolute Gasteiger partial charge is 0.161 e. The average molecular weight is 299 g/mol. The number of ketones is 1. The number of carbonyl (C=O) groups is 1. The van der Waals surface area contributed by atoms with Crippen molar-refractivity contribution in [2.75, 3.05) is 12.5 Å². The first-order chi connectivity index (χ1) is 8.65. The van der Waals surface area contributed by atoms with Crippen molar-refractivity contribution in [1.82, 2.24) is 0 Å². The largest absolute Gasteiger partial charge is 0.294 e. The molecule has 0 heterocycles. The first kappa shape index (κ1) is 14.0. The van der Waals surface area contributed by atoms with Crippen LogP contribution in [-0.4, -0.2) is 18.3 Å². The van der Waals surface area contributed by atoms with Crippen molar-refractivity contribution < 1.29 is 4.79 Å². The SMILES string of the molecule is CSC(=CC(=O)C1CC1c1ccc(Cl)cc1)SC. The Labute approximate surface area is 121 Å². The molecule has 0 radical (unpaired) electrons. The first-order valence-electron chi connectivity index (χ1n) is 5.74. The zero-order valence-corrected chi connectivity index (χ0v) is 12.7. The minimum atomic E-state index is 0.167. The molecule has 96 valence electrons. The quantitative estimate of drug-likeness (QED) is 0.741. The summed E-state index contributed by atoms with van der Waals surface area (Å²) in [6.07, 6.45) is 6.75. The summed E-state index contributed by atoms with van der Waals surface area (Å²) >= 11 is 9.12. The molecular formula is C14H15ClOS2. The van der Waals surface area contributed by atoms with E-state index in [0.29, 0.717) is 5.92 Å². The number of hydrogen-bond donors (Lipinski definition) is 0. The molecule has 0 aliphatic heterocycles. The maximum atomic E-state index is 12.1. The summed E-state index contributed by atoms with van der Waals surface area (Å²) in [6.45, 7) is 0. The third kappa shape index (κ3) is 3.34. The Morgan fingerprint density at radius 2 is 1.89 bits per heavy atom. The number of carbonyl (C=O) groups excluding carboxylic acids is 1. The third-order valence-corrected chi connectivity index (χ3v) is 5.41. The zero-order chi connectivity index (χ0) is 13.1. The van der Waals surface area contributed by atoms with Crippen LogP contribution in [0.5, 0.6) is 0 Å². The van der Waals surface area contributed by atoms with Crippen LogP contribution in [0, 0.1) is 5.92 Å². The summed E-state index contributed by atoms with van der Waals surface area (Å²) in [5, 5.41) is 0.745. The van der Waals surface area contributed by atoms with Crippen molar-refractivity contribution in [3.8, 4) is 0 Å². The van der Waals surface area contributed by atoms with Crippen molar-refractivity contribution in [2.24, 2.45) is 5.92 Å². The number of allylic oxidation sites excluding steroid dienone is 1. The summed E-state index contributed by atoms with van der Waals surface area (Å²) in [4.78, 5) is 12.1. The number of benzene rings is 1. The van der Waals surface area contributed by atoms with E-state index in [9.17, 15) is 4.79 Å². The van der Waals surface area contributed by atoms with E-state index in [1.165, 1.54) is 5.56 Å². The summed E-state index contributed by atoms with van der Waals surface area (Å²) in [5.74, 6) is 0.810. The van der Waals surface area contributed by atoms with Gasteiger partial charge in [0.25, 0.3) is 0 Å². The fraction of sp³-hybridized carbons (Fsp3) is 0.357. The Kier molecular flexibility index (Phi) is 4.82. The Bertz CT molecular complexity index is 461. The lowest BCUT2D eigenvalue weighted by Crippen LogP contribution is -1.98. The molecule has 1 aliphatic carbocycles. The van der Waals surface area contributed by atoms with E-state index in [0.717, 1.165) is 15.7 Å². The number of thioether (sulfide) groups is 2. The van der Waals surface area contributed by atoms with Crippen LogP contribution in [0.15, 0.2) is 34.6 Å². The number of halogens is 1. The fourth-order valence-corrected chi connectivity index (χ4v) is 3.27. The van der Waals surface area contributed by atoms with Gasteiger partial charge in [-0.25, -0.2) is 0 Å². The molecule has 0 amide bonds. The van der Waals surface area contributed by atoms with E-state index >= 15 is 0 Å². The standard InChI is InChI=1S/C14H15ClOS2/c1-17-14(18-2)8-13(16)12-7-11(12)9-3-5-10(15)6-4-9/h3-6,8,11-12H,7H2,1-2H3. The van der Waals surface area contributed by atoms with E-state index in [-0.39, 0.29) is 11.7 Å². The van der Waals surface area contributed by atoms with E-state index < -0.39 is 0 Å². The summed E-state index contributed by atoms with van der Waals surface area (Å²) < 4.78 is 1.08. The van der Waals surface area contributed by atoms with Gasteiger partial charge in [-0.15, -0.1) is 23.5 Å². The van der Waals surface area contributed by atoms with Gasteiger partial charge in [-0.1, -0.05) is 23.7 Å². The van der Waals surface area contributed by atoms with Gasteiger partial charge in [0.1, 0.15) is 0 Å². The Morgan fingerprint density at radius 1 is 1.28 bits per heavy atom. The van der Waals surface area contributed by atoms with Crippen molar-refractivity contribution in [3.05, 3.63) is 45.2 Å². The second-order valence-corrected chi connectivity index (χ2v) is 6.67. The summed E-state index contributed by atoms with van der Waals surface area (Å²) in [7, 11) is 0. The Balaban J connectivity index is 2.01. The van der Waals surface area contributed by atoms with Gasteiger partial charge < -0.3 is 0 Å². The average Bonchev–Trinajstić information content (AvgIpc) is 3.17. The van der Waals surface area contributed by atoms with Crippen molar-refractivity contribution in [3.63, 3.8) is 0 Å². The molecule has 0 aromatic heterocycles. The second-order valence-electron chi connectivity index (χ2n) is 4.27. The molecule has 1 fully saturated rings. The van der Waals surface area contributed by atoms with Gasteiger partial charge in [-0.3, -0.25) is 4.79 Å². The van der Waals surface area contributed by atoms with Crippen LogP contribution in [0.1, 0.15) is 17.9 Å². The van der Waals surface area contributed by atoms with Crippen molar-refractivity contribution in [1.29, 1.82) is 0 Å². The maximum absolute atomic E-state index is 12.1. The molecule has 1 saturated carbocycles. The molecule has 1 aromatic rings. The predicted octanol–water partition coefficient (Wildman–Crippen LogP) is 4.58. The zero-order valence-electron chi connectivity index (χ0n) is 10.4. The second kappa shape index (κ2) is 6.18. The van der Waals surface area contributed by atoms with Gasteiger partial charge in [0.2, 0.25) is 0 Å². The molecule has 1 aliphatic rings. The summed E-state index contributed by atoms with van der Waals surface area (Å²) in [5.41, 5.74) is 1.22. The van der Waals surface area contributed by atoms with Gasteiger partial charge in [0.05, 0.1) is 0 Å². The highest BCUT2D eigenvalue weighted by molar-refractivity contribution is 8.21. The normalized spacial score (nSPS) is 21.5. The van der Waals surface area contributed by atoms with Gasteiger partial charge in [-0.2, -0.15) is 0 Å². The van der Waals surface area contributed by atoms with Crippen LogP contribution >= 0.6 is 35.1 Å². The highest BCUT2D eigenvalue weighted by atomic mass is 35.5. The van der Waals surface area contributed by atoms with E-state index in [1.807, 2.05) is 36.8 Å². The van der Waals surface area contributed by atoms with Crippen LogP contribution in [0.4, 0.5) is 0 Å². The Morgan fingerprint density at radius 3 is 2.44 bits per heavy atom. The van der Waals surface area contributed by atoms with Crippen LogP contribution in [0.3, 0.4) is 0 Å². The minimum Gasteiger partial charge on any atom is -0.294 e. The van der Waals surface area contributed by atoms with Crippen LogP contribution in [0.2, 0.25) is 5.02 Å². The maximum Gasteiger partial charge on any atom is 0.161 e. The topological polar surface area (TPSA) is 17.1 Å². The van der Waals surface area contributed by atoms with Gasteiger partial charge >= 0.3 is 0 Å². The predicted molar refractivity (Wildman–Crippen MR) is 82.4 cm³/mol. The lowest BCUT2D eigenvalue weighted by molar-refractivity contribution is -0.115. The molecule has 0 spiro atoms. The highest BCUT2D eigenvalue weighted by Gasteiger charge is 2.42. The van der Waals surface area contributed by atoms with Gasteiger partial charge in [0, 0.05) is 21.3 Å². The van der Waals surface area contributed by atoms with Gasteiger partial charge in [0.15, 0.2) is 5.78 Å². The molecule has 4 heteroatoms. The number of rotatable bonds is 5. The molecule has 18 heavy (non-hydrogen) atoms. The molecular weight excluding hydrogens is 284 g/mol. The minimum absolute atomic E-state index is 0.167. The van der Waals surface area contributed by atoms with E-state index in [4.69, 9.17) is 11.6 Å². The molecule has 2 atom stereocenters. The molecule has 1 nitrogen and oxygen atoms in total. The lowest BCUT2D eigenvalue weighted by atomic mass is 10.1. The molecule has 0 N–H and O–H groups in total. The lowest BCUT2D eigenvalue weighted by Gasteiger charge is -2.00. The molecule has 2 unspecified atom stereocenters. The molecule has 1 aromatic carbocycles. The Hall–Kier alpha value is -0.380. The molecule has 0 bridgehead atoms. The van der Waals surface area contributed by atoms with Crippen molar-refractivity contribution in [2.45, 2.75) is 12.3 Å². The number of hydrogen-bond acceptors (Lipinski definition) is 3.